The second-order valence-electron chi connectivity index (χ2n) is 4.92. The number of benzene rings is 2. The van der Waals surface area contributed by atoms with Crippen LogP contribution < -0.4 is 10.6 Å². The molecule has 1 aliphatic carbocycles. The van der Waals surface area contributed by atoms with E-state index in [0.717, 1.165) is 18.5 Å². The monoisotopic (exact) mass is 286 g/mol. The van der Waals surface area contributed by atoms with Gasteiger partial charge in [0.15, 0.2) is 0 Å². The van der Waals surface area contributed by atoms with Crippen molar-refractivity contribution in [2.75, 3.05) is 10.6 Å². The number of carbonyl (C=O) groups excluding carboxylic acids is 1. The van der Waals surface area contributed by atoms with Gasteiger partial charge in [0, 0.05) is 16.4 Å². The first-order valence-electron chi connectivity index (χ1n) is 6.66. The van der Waals surface area contributed by atoms with Gasteiger partial charge in [0.05, 0.1) is 0 Å². The zero-order valence-electron chi connectivity index (χ0n) is 10.9. The molecule has 3 rings (SSSR count). The third kappa shape index (κ3) is 2.94. The molecular weight excluding hydrogens is 272 g/mol. The number of carbonyl (C=O) groups is 1. The molecule has 4 heteroatoms. The Morgan fingerprint density at radius 3 is 2.35 bits per heavy atom. The number of aryl methyl sites for hydroxylation is 2. The number of fused-ring (bicyclic) bond motifs is 1. The summed E-state index contributed by atoms with van der Waals surface area (Å²) in [7, 11) is 0. The maximum absolute atomic E-state index is 11.9. The Morgan fingerprint density at radius 1 is 0.900 bits per heavy atom. The number of halogens is 1. The van der Waals surface area contributed by atoms with Crippen molar-refractivity contribution in [1.29, 1.82) is 0 Å². The molecule has 2 aromatic carbocycles. The van der Waals surface area contributed by atoms with E-state index in [1.54, 1.807) is 24.3 Å². The number of nitrogens with one attached hydrogen (secondary N) is 2. The van der Waals surface area contributed by atoms with E-state index in [-0.39, 0.29) is 6.03 Å². The zero-order chi connectivity index (χ0) is 13.9. The van der Waals surface area contributed by atoms with Crippen LogP contribution >= 0.6 is 11.6 Å². The normalized spacial score (nSPS) is 12.8. The SMILES string of the molecule is O=C(Nc1ccc(Cl)cc1)Nc1ccc2c(c1)CCC2. The number of hydrogen-bond acceptors (Lipinski definition) is 1. The lowest BCUT2D eigenvalue weighted by atomic mass is 10.1. The van der Waals surface area contributed by atoms with E-state index in [4.69, 9.17) is 11.6 Å². The lowest BCUT2D eigenvalue weighted by Crippen LogP contribution is -2.19. The Kier molecular flexibility index (Phi) is 3.61. The molecule has 2 N–H and O–H groups in total. The van der Waals surface area contributed by atoms with Crippen molar-refractivity contribution in [3.8, 4) is 0 Å². The maximum atomic E-state index is 11.9. The van der Waals surface area contributed by atoms with Crippen molar-refractivity contribution in [3.05, 3.63) is 58.6 Å². The third-order valence-electron chi connectivity index (χ3n) is 3.46. The standard InChI is InChI=1S/C16H15ClN2O/c17-13-5-8-14(9-6-13)18-16(20)19-15-7-4-11-2-1-3-12(11)10-15/h4-10H,1-3H2,(H2,18,19,20). The molecule has 0 unspecified atom stereocenters. The number of urea groups is 1. The number of amides is 2. The second-order valence-corrected chi connectivity index (χ2v) is 5.36. The first-order chi connectivity index (χ1) is 9.70. The number of anilines is 2. The van der Waals surface area contributed by atoms with Gasteiger partial charge in [0.25, 0.3) is 0 Å². The smallest absolute Gasteiger partial charge is 0.308 e. The molecule has 0 saturated heterocycles. The van der Waals surface area contributed by atoms with Crippen LogP contribution in [0, 0.1) is 0 Å². The van der Waals surface area contributed by atoms with Crippen LogP contribution in [0.15, 0.2) is 42.5 Å². The highest BCUT2D eigenvalue weighted by Crippen LogP contribution is 2.25. The summed E-state index contributed by atoms with van der Waals surface area (Å²) in [6.45, 7) is 0. The van der Waals surface area contributed by atoms with Crippen molar-refractivity contribution in [1.82, 2.24) is 0 Å². The fourth-order valence-corrected chi connectivity index (χ4v) is 2.60. The summed E-state index contributed by atoms with van der Waals surface area (Å²) < 4.78 is 0. The Hall–Kier alpha value is -2.00. The molecule has 0 bridgehead atoms. The molecule has 0 radical (unpaired) electrons. The Bertz CT molecular complexity index is 637. The minimum Gasteiger partial charge on any atom is -0.308 e. The Balaban J connectivity index is 1.65. The maximum Gasteiger partial charge on any atom is 0.323 e. The van der Waals surface area contributed by atoms with Crippen molar-refractivity contribution in [3.63, 3.8) is 0 Å². The van der Waals surface area contributed by atoms with Gasteiger partial charge in [-0.3, -0.25) is 0 Å². The van der Waals surface area contributed by atoms with Gasteiger partial charge in [0.2, 0.25) is 0 Å². The van der Waals surface area contributed by atoms with Gasteiger partial charge in [-0.05, 0) is 66.8 Å². The molecule has 102 valence electrons. The van der Waals surface area contributed by atoms with Crippen molar-refractivity contribution in [2.45, 2.75) is 19.3 Å². The van der Waals surface area contributed by atoms with Crippen molar-refractivity contribution < 1.29 is 4.79 Å². The summed E-state index contributed by atoms with van der Waals surface area (Å²) in [5.41, 5.74) is 4.29. The van der Waals surface area contributed by atoms with E-state index in [1.165, 1.54) is 17.5 Å². The molecule has 0 saturated carbocycles. The summed E-state index contributed by atoms with van der Waals surface area (Å²) in [6.07, 6.45) is 3.45. The molecule has 2 amide bonds. The average Bonchev–Trinajstić information content (AvgIpc) is 2.89. The van der Waals surface area contributed by atoms with E-state index < -0.39 is 0 Å². The summed E-state index contributed by atoms with van der Waals surface area (Å²) in [6, 6.07) is 12.9. The van der Waals surface area contributed by atoms with Crippen LogP contribution in [0.25, 0.3) is 0 Å². The van der Waals surface area contributed by atoms with Crippen LogP contribution in [0.1, 0.15) is 17.5 Å². The molecule has 3 nitrogen and oxygen atoms in total. The van der Waals surface area contributed by atoms with Crippen LogP contribution in [0.4, 0.5) is 16.2 Å². The molecule has 0 heterocycles. The van der Waals surface area contributed by atoms with E-state index in [2.05, 4.69) is 22.8 Å². The lowest BCUT2D eigenvalue weighted by molar-refractivity contribution is 0.262. The van der Waals surface area contributed by atoms with Gasteiger partial charge < -0.3 is 10.6 Å². The minimum atomic E-state index is -0.245. The van der Waals surface area contributed by atoms with Gasteiger partial charge in [-0.2, -0.15) is 0 Å². The number of hydrogen-bond donors (Lipinski definition) is 2. The minimum absolute atomic E-state index is 0.245. The van der Waals surface area contributed by atoms with Crippen LogP contribution in [-0.4, -0.2) is 6.03 Å². The first-order valence-corrected chi connectivity index (χ1v) is 7.04. The predicted octanol–water partition coefficient (Wildman–Crippen LogP) is 4.47. The van der Waals surface area contributed by atoms with Crippen LogP contribution in [0.2, 0.25) is 5.02 Å². The van der Waals surface area contributed by atoms with E-state index in [1.807, 2.05) is 6.07 Å². The largest absolute Gasteiger partial charge is 0.323 e. The average molecular weight is 287 g/mol. The first kappa shape index (κ1) is 13.0. The van der Waals surface area contributed by atoms with E-state index in [9.17, 15) is 4.79 Å². The van der Waals surface area contributed by atoms with Crippen LogP contribution in [-0.2, 0) is 12.8 Å². The highest BCUT2D eigenvalue weighted by Gasteiger charge is 2.11. The lowest BCUT2D eigenvalue weighted by Gasteiger charge is -2.09. The second kappa shape index (κ2) is 5.55. The third-order valence-corrected chi connectivity index (χ3v) is 3.71. The summed E-state index contributed by atoms with van der Waals surface area (Å²) in [5, 5.41) is 6.28. The molecule has 2 aromatic rings. The van der Waals surface area contributed by atoms with Gasteiger partial charge >= 0.3 is 6.03 Å². The van der Waals surface area contributed by atoms with Gasteiger partial charge in [-0.1, -0.05) is 17.7 Å². The quantitative estimate of drug-likeness (QED) is 0.840. The molecule has 0 fully saturated rings. The van der Waals surface area contributed by atoms with E-state index in [0.29, 0.717) is 10.7 Å². The summed E-state index contributed by atoms with van der Waals surface area (Å²) in [4.78, 5) is 11.9. The molecular formula is C16H15ClN2O. The Labute approximate surface area is 123 Å². The molecule has 0 spiro atoms. The topological polar surface area (TPSA) is 41.1 Å². The molecule has 0 aliphatic heterocycles. The van der Waals surface area contributed by atoms with Crippen molar-refractivity contribution >= 4 is 29.0 Å². The summed E-state index contributed by atoms with van der Waals surface area (Å²) in [5.74, 6) is 0. The van der Waals surface area contributed by atoms with Gasteiger partial charge in [-0.25, -0.2) is 4.79 Å². The molecule has 20 heavy (non-hydrogen) atoms. The highest BCUT2D eigenvalue weighted by atomic mass is 35.5. The fraction of sp³-hybridized carbons (Fsp3) is 0.188. The molecule has 0 atom stereocenters. The summed E-state index contributed by atoms with van der Waals surface area (Å²) >= 11 is 5.80. The van der Waals surface area contributed by atoms with E-state index >= 15 is 0 Å². The van der Waals surface area contributed by atoms with Gasteiger partial charge in [-0.15, -0.1) is 0 Å². The number of rotatable bonds is 2. The van der Waals surface area contributed by atoms with Crippen LogP contribution in [0.5, 0.6) is 0 Å². The molecule has 1 aliphatic rings. The highest BCUT2D eigenvalue weighted by molar-refractivity contribution is 6.30. The fourth-order valence-electron chi connectivity index (χ4n) is 2.48. The van der Waals surface area contributed by atoms with Crippen LogP contribution in [0.3, 0.4) is 0 Å². The Morgan fingerprint density at radius 2 is 1.55 bits per heavy atom. The molecule has 0 aromatic heterocycles. The van der Waals surface area contributed by atoms with Crippen molar-refractivity contribution in [2.24, 2.45) is 0 Å². The van der Waals surface area contributed by atoms with Gasteiger partial charge in [0.1, 0.15) is 0 Å². The zero-order valence-corrected chi connectivity index (χ0v) is 11.7. The predicted molar refractivity (Wildman–Crippen MR) is 82.6 cm³/mol.